The lowest BCUT2D eigenvalue weighted by Crippen LogP contribution is -2.16. The molecule has 3 aromatic rings. The number of hydrogen-bond donors (Lipinski definition) is 2. The maximum Gasteiger partial charge on any atom is 0.274 e. The third kappa shape index (κ3) is 4.95. The molecule has 138 valence electrons. The Morgan fingerprint density at radius 2 is 1.93 bits per heavy atom. The summed E-state index contributed by atoms with van der Waals surface area (Å²) < 4.78 is 5.17. The van der Waals surface area contributed by atoms with Crippen LogP contribution in [0.4, 0.5) is 11.6 Å². The van der Waals surface area contributed by atoms with Gasteiger partial charge < -0.3 is 15.4 Å². The second-order valence-electron chi connectivity index (χ2n) is 5.85. The molecular formula is C20H19ClN4O2. The lowest BCUT2D eigenvalue weighted by atomic mass is 10.2. The predicted octanol–water partition coefficient (Wildman–Crippen LogP) is 4.31. The van der Waals surface area contributed by atoms with Crippen molar-refractivity contribution >= 4 is 29.1 Å². The Bertz CT molecular complexity index is 962. The van der Waals surface area contributed by atoms with Crippen molar-refractivity contribution in [3.05, 3.63) is 76.6 Å². The molecule has 1 amide bonds. The Morgan fingerprint density at radius 3 is 2.70 bits per heavy atom. The standard InChI is InChI=1S/C20H19ClN4O2/c1-13-10-18(19(26)24-15-7-5-8-16(11-15)27-2)25-20(23-13)22-12-14-6-3-4-9-17(14)21/h3-11H,12H2,1-2H3,(H,24,26)(H,22,23,25). The minimum atomic E-state index is -0.324. The van der Waals surface area contributed by atoms with Gasteiger partial charge in [0.2, 0.25) is 5.95 Å². The molecule has 0 aliphatic heterocycles. The quantitative estimate of drug-likeness (QED) is 0.664. The smallest absolute Gasteiger partial charge is 0.274 e. The van der Waals surface area contributed by atoms with E-state index in [1.54, 1.807) is 37.4 Å². The van der Waals surface area contributed by atoms with E-state index in [2.05, 4.69) is 20.6 Å². The third-order valence-corrected chi connectivity index (χ3v) is 4.18. The number of ether oxygens (including phenoxy) is 1. The number of rotatable bonds is 6. The molecule has 1 heterocycles. The molecule has 27 heavy (non-hydrogen) atoms. The van der Waals surface area contributed by atoms with E-state index in [1.807, 2.05) is 31.2 Å². The van der Waals surface area contributed by atoms with Crippen molar-refractivity contribution in [1.29, 1.82) is 0 Å². The molecule has 7 heteroatoms. The van der Waals surface area contributed by atoms with Gasteiger partial charge in [-0.3, -0.25) is 4.79 Å². The lowest BCUT2D eigenvalue weighted by molar-refractivity contribution is 0.102. The van der Waals surface area contributed by atoms with E-state index in [4.69, 9.17) is 16.3 Å². The molecular weight excluding hydrogens is 364 g/mol. The van der Waals surface area contributed by atoms with Gasteiger partial charge in [-0.1, -0.05) is 35.9 Å². The van der Waals surface area contributed by atoms with Crippen LogP contribution in [0, 0.1) is 6.92 Å². The first kappa shape index (κ1) is 18.7. The number of halogens is 1. The first-order valence-electron chi connectivity index (χ1n) is 8.33. The predicted molar refractivity (Wildman–Crippen MR) is 106 cm³/mol. The summed E-state index contributed by atoms with van der Waals surface area (Å²) in [6, 6.07) is 16.3. The van der Waals surface area contributed by atoms with Crippen LogP contribution in [-0.2, 0) is 6.54 Å². The number of amides is 1. The average molecular weight is 383 g/mol. The molecule has 0 saturated carbocycles. The molecule has 0 fully saturated rings. The number of aryl methyl sites for hydroxylation is 1. The number of carbonyl (C=O) groups is 1. The summed E-state index contributed by atoms with van der Waals surface area (Å²) in [6.07, 6.45) is 0. The Labute approximate surface area is 162 Å². The molecule has 0 bridgehead atoms. The van der Waals surface area contributed by atoms with Gasteiger partial charge in [0.25, 0.3) is 5.91 Å². The van der Waals surface area contributed by atoms with Crippen molar-refractivity contribution in [3.8, 4) is 5.75 Å². The van der Waals surface area contributed by atoms with Gasteiger partial charge in [0.05, 0.1) is 7.11 Å². The van der Waals surface area contributed by atoms with E-state index in [-0.39, 0.29) is 11.6 Å². The van der Waals surface area contributed by atoms with Crippen LogP contribution in [0.2, 0.25) is 5.02 Å². The maximum absolute atomic E-state index is 12.6. The van der Waals surface area contributed by atoms with Crippen LogP contribution in [0.1, 0.15) is 21.7 Å². The lowest BCUT2D eigenvalue weighted by Gasteiger charge is -2.10. The second-order valence-corrected chi connectivity index (χ2v) is 6.26. The normalized spacial score (nSPS) is 10.3. The number of aromatic nitrogens is 2. The van der Waals surface area contributed by atoms with Gasteiger partial charge in [-0.15, -0.1) is 0 Å². The Hall–Kier alpha value is -3.12. The van der Waals surface area contributed by atoms with Gasteiger partial charge >= 0.3 is 0 Å². The zero-order valence-corrected chi connectivity index (χ0v) is 15.7. The molecule has 0 saturated heterocycles. The van der Waals surface area contributed by atoms with Gasteiger partial charge in [-0.25, -0.2) is 9.97 Å². The highest BCUT2D eigenvalue weighted by molar-refractivity contribution is 6.31. The number of nitrogens with zero attached hydrogens (tertiary/aromatic N) is 2. The van der Waals surface area contributed by atoms with Crippen LogP contribution >= 0.6 is 11.6 Å². The summed E-state index contributed by atoms with van der Waals surface area (Å²) in [4.78, 5) is 21.2. The van der Waals surface area contributed by atoms with Crippen LogP contribution in [0.5, 0.6) is 5.75 Å². The van der Waals surface area contributed by atoms with Gasteiger partial charge in [-0.05, 0) is 36.8 Å². The van der Waals surface area contributed by atoms with E-state index in [0.29, 0.717) is 34.6 Å². The zero-order valence-electron chi connectivity index (χ0n) is 15.0. The largest absolute Gasteiger partial charge is 0.497 e. The number of carbonyl (C=O) groups excluding carboxylic acids is 1. The van der Waals surface area contributed by atoms with Crippen LogP contribution in [-0.4, -0.2) is 23.0 Å². The second kappa shape index (κ2) is 8.51. The zero-order chi connectivity index (χ0) is 19.2. The molecule has 1 aromatic heterocycles. The minimum absolute atomic E-state index is 0.270. The molecule has 2 aromatic carbocycles. The highest BCUT2D eigenvalue weighted by atomic mass is 35.5. The Balaban J connectivity index is 1.74. The SMILES string of the molecule is COc1cccc(NC(=O)c2cc(C)nc(NCc3ccccc3Cl)n2)c1. The summed E-state index contributed by atoms with van der Waals surface area (Å²) in [6.45, 7) is 2.27. The molecule has 0 aliphatic carbocycles. The molecule has 0 atom stereocenters. The van der Waals surface area contributed by atoms with E-state index >= 15 is 0 Å². The molecule has 0 aliphatic rings. The molecule has 2 N–H and O–H groups in total. The summed E-state index contributed by atoms with van der Waals surface area (Å²) in [5.74, 6) is 0.703. The van der Waals surface area contributed by atoms with Crippen molar-refractivity contribution < 1.29 is 9.53 Å². The number of anilines is 2. The molecule has 0 radical (unpaired) electrons. The van der Waals surface area contributed by atoms with E-state index in [9.17, 15) is 4.79 Å². The van der Waals surface area contributed by atoms with Gasteiger partial charge in [-0.2, -0.15) is 0 Å². The monoisotopic (exact) mass is 382 g/mol. The summed E-state index contributed by atoms with van der Waals surface area (Å²) >= 11 is 6.16. The Morgan fingerprint density at radius 1 is 1.11 bits per heavy atom. The molecule has 6 nitrogen and oxygen atoms in total. The van der Waals surface area contributed by atoms with E-state index in [0.717, 1.165) is 5.56 Å². The molecule has 0 spiro atoms. The van der Waals surface area contributed by atoms with Crippen molar-refractivity contribution in [3.63, 3.8) is 0 Å². The average Bonchev–Trinajstić information content (AvgIpc) is 2.67. The fourth-order valence-corrected chi connectivity index (χ4v) is 2.68. The highest BCUT2D eigenvalue weighted by Gasteiger charge is 2.12. The fraction of sp³-hybridized carbons (Fsp3) is 0.150. The summed E-state index contributed by atoms with van der Waals surface area (Å²) in [5.41, 5.74) is 2.50. The number of hydrogen-bond acceptors (Lipinski definition) is 5. The van der Waals surface area contributed by atoms with Crippen molar-refractivity contribution in [2.24, 2.45) is 0 Å². The van der Waals surface area contributed by atoms with Crippen molar-refractivity contribution in [2.45, 2.75) is 13.5 Å². The van der Waals surface area contributed by atoms with Crippen LogP contribution in [0.15, 0.2) is 54.6 Å². The third-order valence-electron chi connectivity index (χ3n) is 3.81. The van der Waals surface area contributed by atoms with Crippen LogP contribution in [0.25, 0.3) is 0 Å². The molecule has 0 unspecified atom stereocenters. The van der Waals surface area contributed by atoms with Gasteiger partial charge in [0.1, 0.15) is 11.4 Å². The van der Waals surface area contributed by atoms with Crippen LogP contribution < -0.4 is 15.4 Å². The topological polar surface area (TPSA) is 76.1 Å². The number of nitrogens with one attached hydrogen (secondary N) is 2. The van der Waals surface area contributed by atoms with Gasteiger partial charge in [0, 0.05) is 29.0 Å². The first-order chi connectivity index (χ1) is 13.0. The van der Waals surface area contributed by atoms with Crippen molar-refractivity contribution in [2.75, 3.05) is 17.7 Å². The summed E-state index contributed by atoms with van der Waals surface area (Å²) in [5, 5.41) is 6.59. The van der Waals surface area contributed by atoms with Crippen molar-refractivity contribution in [1.82, 2.24) is 9.97 Å². The van der Waals surface area contributed by atoms with Gasteiger partial charge in [0.15, 0.2) is 0 Å². The molecule has 3 rings (SSSR count). The Kier molecular flexibility index (Phi) is 5.88. The van der Waals surface area contributed by atoms with E-state index in [1.165, 1.54) is 0 Å². The van der Waals surface area contributed by atoms with Crippen LogP contribution in [0.3, 0.4) is 0 Å². The fourth-order valence-electron chi connectivity index (χ4n) is 2.48. The first-order valence-corrected chi connectivity index (χ1v) is 8.71. The summed E-state index contributed by atoms with van der Waals surface area (Å²) in [7, 11) is 1.58. The van der Waals surface area contributed by atoms with E-state index < -0.39 is 0 Å². The minimum Gasteiger partial charge on any atom is -0.497 e. The number of benzene rings is 2. The number of methoxy groups -OCH3 is 1. The maximum atomic E-state index is 12.6. The highest BCUT2D eigenvalue weighted by Crippen LogP contribution is 2.18.